The van der Waals surface area contributed by atoms with Gasteiger partial charge in [-0.25, -0.2) is 0 Å². The molecule has 1 fully saturated rings. The summed E-state index contributed by atoms with van der Waals surface area (Å²) < 4.78 is 0. The van der Waals surface area contributed by atoms with Crippen molar-refractivity contribution in [3.63, 3.8) is 0 Å². The van der Waals surface area contributed by atoms with E-state index in [2.05, 4.69) is 25.7 Å². The van der Waals surface area contributed by atoms with Gasteiger partial charge in [0.25, 0.3) is 0 Å². The van der Waals surface area contributed by atoms with Crippen LogP contribution in [0.25, 0.3) is 0 Å². The average Bonchev–Trinajstić information content (AvgIpc) is 2.48. The second-order valence-corrected chi connectivity index (χ2v) is 5.53. The van der Waals surface area contributed by atoms with Gasteiger partial charge in [0.05, 0.1) is 0 Å². The van der Waals surface area contributed by atoms with E-state index in [1.54, 1.807) is 0 Å². The first kappa shape index (κ1) is 13.8. The van der Waals surface area contributed by atoms with Crippen LogP contribution in [0.2, 0.25) is 0 Å². The van der Waals surface area contributed by atoms with Gasteiger partial charge in [-0.15, -0.1) is 6.58 Å². The summed E-state index contributed by atoms with van der Waals surface area (Å²) in [5, 5.41) is 3.71. The SMILES string of the molecule is C=C(C)CCC1CCCCC(NCCC)C1. The van der Waals surface area contributed by atoms with Crippen molar-refractivity contribution in [2.75, 3.05) is 6.54 Å². The summed E-state index contributed by atoms with van der Waals surface area (Å²) in [6.07, 6.45) is 10.9. The monoisotopic (exact) mass is 223 g/mol. The molecule has 0 bridgehead atoms. The standard InChI is InChI=1S/C15H29N/c1-4-11-16-15-8-6-5-7-14(12-15)10-9-13(2)3/h14-16H,2,4-12H2,1,3H3. The summed E-state index contributed by atoms with van der Waals surface area (Å²) in [7, 11) is 0. The second kappa shape index (κ2) is 7.89. The van der Waals surface area contributed by atoms with Crippen LogP contribution in [0.5, 0.6) is 0 Å². The quantitative estimate of drug-likeness (QED) is 0.523. The van der Waals surface area contributed by atoms with Crippen LogP contribution in [0.3, 0.4) is 0 Å². The third kappa shape index (κ3) is 5.69. The minimum Gasteiger partial charge on any atom is -0.314 e. The van der Waals surface area contributed by atoms with Crippen LogP contribution in [0, 0.1) is 5.92 Å². The summed E-state index contributed by atoms with van der Waals surface area (Å²) >= 11 is 0. The van der Waals surface area contributed by atoms with Gasteiger partial charge in [0.1, 0.15) is 0 Å². The first-order chi connectivity index (χ1) is 7.72. The number of rotatable bonds is 6. The van der Waals surface area contributed by atoms with Crippen molar-refractivity contribution < 1.29 is 0 Å². The van der Waals surface area contributed by atoms with Crippen molar-refractivity contribution >= 4 is 0 Å². The highest BCUT2D eigenvalue weighted by atomic mass is 14.9. The molecule has 0 aromatic rings. The topological polar surface area (TPSA) is 12.0 Å². The molecule has 0 saturated heterocycles. The van der Waals surface area contributed by atoms with Crippen molar-refractivity contribution in [1.82, 2.24) is 5.32 Å². The molecule has 1 saturated carbocycles. The predicted molar refractivity (Wildman–Crippen MR) is 72.7 cm³/mol. The van der Waals surface area contributed by atoms with Gasteiger partial charge in [0.15, 0.2) is 0 Å². The van der Waals surface area contributed by atoms with E-state index in [1.807, 2.05) is 0 Å². The molecule has 0 aliphatic heterocycles. The molecule has 0 aromatic carbocycles. The normalized spacial score (nSPS) is 26.4. The van der Waals surface area contributed by atoms with Crippen molar-refractivity contribution in [2.24, 2.45) is 5.92 Å². The van der Waals surface area contributed by atoms with E-state index in [-0.39, 0.29) is 0 Å². The Hall–Kier alpha value is -0.300. The molecule has 1 aliphatic rings. The molecule has 0 aromatic heterocycles. The molecule has 16 heavy (non-hydrogen) atoms. The molecular weight excluding hydrogens is 194 g/mol. The maximum atomic E-state index is 4.02. The summed E-state index contributed by atoms with van der Waals surface area (Å²) in [4.78, 5) is 0. The minimum atomic E-state index is 0.789. The number of allylic oxidation sites excluding steroid dienone is 1. The first-order valence-electron chi connectivity index (χ1n) is 7.10. The lowest BCUT2D eigenvalue weighted by atomic mass is 9.92. The molecule has 1 N–H and O–H groups in total. The Bertz CT molecular complexity index is 198. The van der Waals surface area contributed by atoms with Crippen molar-refractivity contribution in [1.29, 1.82) is 0 Å². The first-order valence-corrected chi connectivity index (χ1v) is 7.10. The van der Waals surface area contributed by atoms with E-state index >= 15 is 0 Å². The summed E-state index contributed by atoms with van der Waals surface area (Å²) in [6, 6.07) is 0.789. The van der Waals surface area contributed by atoms with E-state index in [1.165, 1.54) is 63.5 Å². The molecular formula is C15H29N. The fourth-order valence-corrected chi connectivity index (χ4v) is 2.71. The van der Waals surface area contributed by atoms with Gasteiger partial charge in [-0.2, -0.15) is 0 Å². The molecule has 1 heteroatoms. The molecule has 0 spiro atoms. The highest BCUT2D eigenvalue weighted by molar-refractivity contribution is 4.89. The molecule has 0 radical (unpaired) electrons. The molecule has 1 nitrogen and oxygen atoms in total. The predicted octanol–water partition coefficient (Wildman–Crippen LogP) is 4.29. The summed E-state index contributed by atoms with van der Waals surface area (Å²) in [6.45, 7) is 9.62. The molecule has 0 amide bonds. The number of hydrogen-bond acceptors (Lipinski definition) is 1. The van der Waals surface area contributed by atoms with Gasteiger partial charge < -0.3 is 5.32 Å². The maximum absolute atomic E-state index is 4.02. The van der Waals surface area contributed by atoms with E-state index < -0.39 is 0 Å². The Morgan fingerprint density at radius 2 is 2.06 bits per heavy atom. The van der Waals surface area contributed by atoms with Crippen LogP contribution in [0.15, 0.2) is 12.2 Å². The van der Waals surface area contributed by atoms with Crippen LogP contribution in [0.4, 0.5) is 0 Å². The Kier molecular flexibility index (Phi) is 6.79. The van der Waals surface area contributed by atoms with Gasteiger partial charge in [0, 0.05) is 6.04 Å². The van der Waals surface area contributed by atoms with E-state index in [9.17, 15) is 0 Å². The zero-order valence-corrected chi connectivity index (χ0v) is 11.2. The van der Waals surface area contributed by atoms with Crippen LogP contribution >= 0.6 is 0 Å². The van der Waals surface area contributed by atoms with Gasteiger partial charge in [-0.05, 0) is 51.5 Å². The van der Waals surface area contributed by atoms with Crippen LogP contribution in [-0.4, -0.2) is 12.6 Å². The van der Waals surface area contributed by atoms with Gasteiger partial charge in [0.2, 0.25) is 0 Å². The number of hydrogen-bond donors (Lipinski definition) is 1. The zero-order valence-electron chi connectivity index (χ0n) is 11.2. The van der Waals surface area contributed by atoms with Crippen molar-refractivity contribution in [3.05, 3.63) is 12.2 Å². The highest BCUT2D eigenvalue weighted by Crippen LogP contribution is 2.27. The molecule has 0 heterocycles. The Balaban J connectivity index is 2.30. The Morgan fingerprint density at radius 3 is 2.75 bits per heavy atom. The molecule has 1 rings (SSSR count). The third-order valence-electron chi connectivity index (χ3n) is 3.70. The van der Waals surface area contributed by atoms with Gasteiger partial charge in [-0.1, -0.05) is 31.8 Å². The van der Waals surface area contributed by atoms with E-state index in [0.717, 1.165) is 12.0 Å². The fraction of sp³-hybridized carbons (Fsp3) is 0.867. The summed E-state index contributed by atoms with van der Waals surface area (Å²) in [5.74, 6) is 0.938. The Labute approximate surface area is 102 Å². The van der Waals surface area contributed by atoms with Crippen molar-refractivity contribution in [3.8, 4) is 0 Å². The lowest BCUT2D eigenvalue weighted by Crippen LogP contribution is -2.30. The van der Waals surface area contributed by atoms with Crippen molar-refractivity contribution in [2.45, 2.75) is 71.3 Å². The largest absolute Gasteiger partial charge is 0.314 e. The van der Waals surface area contributed by atoms with Crippen LogP contribution in [-0.2, 0) is 0 Å². The lowest BCUT2D eigenvalue weighted by Gasteiger charge is -2.21. The smallest absolute Gasteiger partial charge is 0.00697 e. The van der Waals surface area contributed by atoms with E-state index in [4.69, 9.17) is 0 Å². The fourth-order valence-electron chi connectivity index (χ4n) is 2.71. The zero-order chi connectivity index (χ0) is 11.8. The van der Waals surface area contributed by atoms with E-state index in [0.29, 0.717) is 0 Å². The second-order valence-electron chi connectivity index (χ2n) is 5.53. The van der Waals surface area contributed by atoms with Crippen LogP contribution in [0.1, 0.15) is 65.2 Å². The average molecular weight is 223 g/mol. The highest BCUT2D eigenvalue weighted by Gasteiger charge is 2.19. The minimum absolute atomic E-state index is 0.789. The molecule has 94 valence electrons. The maximum Gasteiger partial charge on any atom is 0.00697 e. The molecule has 1 aliphatic carbocycles. The van der Waals surface area contributed by atoms with Gasteiger partial charge in [-0.3, -0.25) is 0 Å². The summed E-state index contributed by atoms with van der Waals surface area (Å²) in [5.41, 5.74) is 1.35. The van der Waals surface area contributed by atoms with Gasteiger partial charge >= 0.3 is 0 Å². The third-order valence-corrected chi connectivity index (χ3v) is 3.70. The Morgan fingerprint density at radius 1 is 1.31 bits per heavy atom. The van der Waals surface area contributed by atoms with Crippen LogP contribution < -0.4 is 5.32 Å². The molecule has 2 atom stereocenters. The molecule has 2 unspecified atom stereocenters. The number of nitrogens with one attached hydrogen (secondary N) is 1. The lowest BCUT2D eigenvalue weighted by molar-refractivity contribution is 0.368.